The number of aromatic amines is 2. The van der Waals surface area contributed by atoms with Crippen molar-refractivity contribution in [3.8, 4) is 17.3 Å². The molecule has 2 amide bonds. The molecule has 3 aromatic heterocycles. The number of nitrogens with one attached hydrogen (secondary N) is 2. The summed E-state index contributed by atoms with van der Waals surface area (Å²) < 4.78 is 5.93. The van der Waals surface area contributed by atoms with Gasteiger partial charge in [0, 0.05) is 37.4 Å². The lowest BCUT2D eigenvalue weighted by molar-refractivity contribution is 0.170. The number of pyridine rings is 1. The van der Waals surface area contributed by atoms with Crippen molar-refractivity contribution in [3.63, 3.8) is 0 Å². The van der Waals surface area contributed by atoms with E-state index in [2.05, 4.69) is 25.1 Å². The topological polar surface area (TPSA) is 103 Å². The van der Waals surface area contributed by atoms with E-state index in [1.54, 1.807) is 23.9 Å². The predicted molar refractivity (Wildman–Crippen MR) is 121 cm³/mol. The van der Waals surface area contributed by atoms with Crippen molar-refractivity contribution in [1.82, 2.24) is 34.9 Å². The minimum absolute atomic E-state index is 0.0423. The van der Waals surface area contributed by atoms with Crippen molar-refractivity contribution in [2.45, 2.75) is 19.7 Å². The number of fused-ring (bicyclic) bond motifs is 2. The minimum atomic E-state index is -0.0423. The lowest BCUT2D eigenvalue weighted by atomic mass is 10.2. The molecule has 0 saturated heterocycles. The van der Waals surface area contributed by atoms with Gasteiger partial charge in [0.15, 0.2) is 5.82 Å². The van der Waals surface area contributed by atoms with Crippen molar-refractivity contribution < 1.29 is 9.53 Å². The zero-order chi connectivity index (χ0) is 22.4. The number of rotatable bonds is 4. The molecular formula is C21H19Cl2N7O2. The Kier molecular flexibility index (Phi) is 5.15. The molecule has 1 aromatic carbocycles. The van der Waals surface area contributed by atoms with Gasteiger partial charge in [-0.1, -0.05) is 23.2 Å². The van der Waals surface area contributed by atoms with E-state index in [-0.39, 0.29) is 12.6 Å². The van der Waals surface area contributed by atoms with Crippen molar-refractivity contribution >= 4 is 40.1 Å². The number of imidazole rings is 1. The molecule has 0 saturated carbocycles. The quantitative estimate of drug-likeness (QED) is 0.463. The summed E-state index contributed by atoms with van der Waals surface area (Å²) in [5.41, 5.74) is 3.98. The summed E-state index contributed by atoms with van der Waals surface area (Å²) in [5.74, 6) is 1.29. The van der Waals surface area contributed by atoms with Crippen molar-refractivity contribution in [1.29, 1.82) is 0 Å². The molecular weight excluding hydrogens is 453 g/mol. The molecule has 0 bridgehead atoms. The van der Waals surface area contributed by atoms with Gasteiger partial charge in [-0.15, -0.1) is 0 Å². The van der Waals surface area contributed by atoms with Crippen LogP contribution in [0.15, 0.2) is 30.6 Å². The summed E-state index contributed by atoms with van der Waals surface area (Å²) in [6.07, 6.45) is 3.07. The third kappa shape index (κ3) is 3.63. The monoisotopic (exact) mass is 471 g/mol. The number of nitrogens with zero attached hydrogens (tertiary/aromatic N) is 5. The summed E-state index contributed by atoms with van der Waals surface area (Å²) in [4.78, 5) is 27.5. The van der Waals surface area contributed by atoms with Crippen LogP contribution in [0, 0.1) is 0 Å². The van der Waals surface area contributed by atoms with Crippen LogP contribution in [0.25, 0.3) is 22.4 Å². The van der Waals surface area contributed by atoms with Gasteiger partial charge < -0.3 is 19.5 Å². The van der Waals surface area contributed by atoms with Crippen LogP contribution in [0.1, 0.15) is 17.0 Å². The number of H-pyrrole nitrogens is 2. The van der Waals surface area contributed by atoms with E-state index in [4.69, 9.17) is 27.9 Å². The minimum Gasteiger partial charge on any atom is -0.489 e. The molecule has 1 aliphatic rings. The zero-order valence-corrected chi connectivity index (χ0v) is 18.8. The Hall–Kier alpha value is -3.30. The summed E-state index contributed by atoms with van der Waals surface area (Å²) in [6.45, 7) is 1.17. The fourth-order valence-corrected chi connectivity index (χ4v) is 4.13. The van der Waals surface area contributed by atoms with Crippen molar-refractivity contribution in [3.05, 3.63) is 57.6 Å². The van der Waals surface area contributed by atoms with E-state index >= 15 is 0 Å². The molecule has 4 heterocycles. The fourth-order valence-electron chi connectivity index (χ4n) is 3.66. The molecule has 0 radical (unpaired) electrons. The van der Waals surface area contributed by atoms with Gasteiger partial charge >= 0.3 is 6.03 Å². The van der Waals surface area contributed by atoms with Gasteiger partial charge in [-0.2, -0.15) is 5.10 Å². The number of halogens is 2. The predicted octanol–water partition coefficient (Wildman–Crippen LogP) is 4.23. The fraction of sp³-hybridized carbons (Fsp3) is 0.238. The first-order valence-corrected chi connectivity index (χ1v) is 10.6. The molecule has 0 atom stereocenters. The molecule has 0 fully saturated rings. The molecule has 32 heavy (non-hydrogen) atoms. The standard InChI is InChI=1S/C21H19Cl2N7O2/c1-29(2)21(31)30-8-17-18(9-30)26-20(25-17)19-12-5-11(3-4-16(12)27-28-19)32-10-13-14(22)6-24-7-15(13)23/h3-7H,8-10H2,1-2H3,(H,25,26)(H,27,28). The zero-order valence-electron chi connectivity index (χ0n) is 17.3. The maximum Gasteiger partial charge on any atom is 0.320 e. The van der Waals surface area contributed by atoms with Gasteiger partial charge in [0.25, 0.3) is 0 Å². The van der Waals surface area contributed by atoms with Crippen LogP contribution in [0.4, 0.5) is 4.79 Å². The number of hydrogen-bond acceptors (Lipinski definition) is 5. The lowest BCUT2D eigenvalue weighted by Gasteiger charge is -2.20. The van der Waals surface area contributed by atoms with Gasteiger partial charge in [-0.05, 0) is 18.2 Å². The smallest absolute Gasteiger partial charge is 0.320 e. The number of hydrogen-bond donors (Lipinski definition) is 2. The van der Waals surface area contributed by atoms with Gasteiger partial charge in [0.1, 0.15) is 18.1 Å². The van der Waals surface area contributed by atoms with E-state index in [1.807, 2.05) is 18.2 Å². The number of carbonyl (C=O) groups excluding carboxylic acids is 1. The lowest BCUT2D eigenvalue weighted by Crippen LogP contribution is -2.35. The SMILES string of the molecule is CN(C)C(=O)N1Cc2nc(-c3n[nH]c4ccc(OCc5c(Cl)cncc5Cl)cc34)[nH]c2C1. The number of benzene rings is 1. The van der Waals surface area contributed by atoms with Gasteiger partial charge in [-0.25, -0.2) is 9.78 Å². The number of amides is 2. The van der Waals surface area contributed by atoms with E-state index < -0.39 is 0 Å². The molecule has 5 rings (SSSR count). The highest BCUT2D eigenvalue weighted by molar-refractivity contribution is 6.35. The Bertz CT molecular complexity index is 1290. The maximum atomic E-state index is 12.2. The number of urea groups is 1. The van der Waals surface area contributed by atoms with Gasteiger partial charge in [0.2, 0.25) is 0 Å². The van der Waals surface area contributed by atoms with Crippen LogP contribution in [0.5, 0.6) is 5.75 Å². The highest BCUT2D eigenvalue weighted by Crippen LogP contribution is 2.32. The Labute approximate surface area is 193 Å². The average Bonchev–Trinajstić information content (AvgIpc) is 3.45. The van der Waals surface area contributed by atoms with Crippen LogP contribution in [0.3, 0.4) is 0 Å². The van der Waals surface area contributed by atoms with E-state index in [1.165, 1.54) is 12.4 Å². The molecule has 0 aliphatic carbocycles. The van der Waals surface area contributed by atoms with E-state index in [9.17, 15) is 4.79 Å². The Morgan fingerprint density at radius 1 is 1.22 bits per heavy atom. The average molecular weight is 472 g/mol. The van der Waals surface area contributed by atoms with Crippen LogP contribution in [0.2, 0.25) is 10.0 Å². The highest BCUT2D eigenvalue weighted by Gasteiger charge is 2.28. The molecule has 9 nitrogen and oxygen atoms in total. The Balaban J connectivity index is 1.39. The highest BCUT2D eigenvalue weighted by atomic mass is 35.5. The number of carbonyl (C=O) groups is 1. The van der Waals surface area contributed by atoms with Crippen LogP contribution < -0.4 is 4.74 Å². The van der Waals surface area contributed by atoms with Crippen molar-refractivity contribution in [2.24, 2.45) is 0 Å². The first kappa shape index (κ1) is 20.6. The summed E-state index contributed by atoms with van der Waals surface area (Å²) in [5, 5.41) is 9.23. The van der Waals surface area contributed by atoms with E-state index in [0.29, 0.717) is 46.0 Å². The Morgan fingerprint density at radius 3 is 2.72 bits per heavy atom. The number of ether oxygens (including phenoxy) is 1. The van der Waals surface area contributed by atoms with Gasteiger partial charge in [0.05, 0.1) is 40.0 Å². The second-order valence-corrected chi connectivity index (χ2v) is 8.51. The summed E-state index contributed by atoms with van der Waals surface area (Å²) >= 11 is 12.4. The summed E-state index contributed by atoms with van der Waals surface area (Å²) in [7, 11) is 3.47. The van der Waals surface area contributed by atoms with Crippen molar-refractivity contribution in [2.75, 3.05) is 14.1 Å². The molecule has 2 N–H and O–H groups in total. The molecule has 164 valence electrons. The summed E-state index contributed by atoms with van der Waals surface area (Å²) in [6, 6.07) is 5.59. The first-order valence-electron chi connectivity index (χ1n) is 9.84. The molecule has 0 spiro atoms. The molecule has 11 heteroatoms. The first-order chi connectivity index (χ1) is 15.4. The maximum absolute atomic E-state index is 12.2. The van der Waals surface area contributed by atoms with Crippen LogP contribution in [-0.2, 0) is 19.7 Å². The second-order valence-electron chi connectivity index (χ2n) is 7.69. The third-order valence-corrected chi connectivity index (χ3v) is 5.95. The molecule has 0 unspecified atom stereocenters. The largest absolute Gasteiger partial charge is 0.489 e. The normalized spacial score (nSPS) is 12.9. The van der Waals surface area contributed by atoms with Crippen LogP contribution >= 0.6 is 23.2 Å². The number of aromatic nitrogens is 5. The molecule has 4 aromatic rings. The Morgan fingerprint density at radius 2 is 2.00 bits per heavy atom. The van der Waals surface area contributed by atoms with Gasteiger partial charge in [-0.3, -0.25) is 10.1 Å². The van der Waals surface area contributed by atoms with Crippen LogP contribution in [-0.4, -0.2) is 55.1 Å². The third-order valence-electron chi connectivity index (χ3n) is 5.30. The molecule has 1 aliphatic heterocycles. The van der Waals surface area contributed by atoms with E-state index in [0.717, 1.165) is 22.3 Å². The second kappa shape index (κ2) is 7.99.